The fraction of sp³-hybridized carbons (Fsp3) is 0.400. The average molecular weight is 257 g/mol. The number of allylic oxidation sites excluding steroid dienone is 2. The molecular formula is C5H9BrClLiZn. The minimum atomic E-state index is 0. The summed E-state index contributed by atoms with van der Waals surface area (Å²) in [5.41, 5.74) is 1.27. The molecule has 0 heterocycles. The van der Waals surface area contributed by atoms with Gasteiger partial charge >= 0.3 is 38.3 Å². The van der Waals surface area contributed by atoms with Gasteiger partial charge < -0.3 is 29.4 Å². The molecule has 0 radical (unpaired) electrons. The molecule has 0 fully saturated rings. The van der Waals surface area contributed by atoms with Crippen molar-refractivity contribution in [2.75, 3.05) is 0 Å². The second-order valence-corrected chi connectivity index (χ2v) is 1.28. The maximum Gasteiger partial charge on any atom is 2.00 e. The Hall–Kier alpha value is 1.60. The van der Waals surface area contributed by atoms with Crippen LogP contribution in [0.3, 0.4) is 0 Å². The predicted molar refractivity (Wildman–Crippen MR) is 24.8 cm³/mol. The molecule has 0 amide bonds. The summed E-state index contributed by atoms with van der Waals surface area (Å²) in [5, 5.41) is 0. The SMILES string of the molecule is [Br-].[CH2-]C=C(C)C.[Cl-].[Li+].[Zn+2]. The first-order chi connectivity index (χ1) is 2.27. The van der Waals surface area contributed by atoms with E-state index in [4.69, 9.17) is 0 Å². The number of hydrogen-bond acceptors (Lipinski definition) is 0. The summed E-state index contributed by atoms with van der Waals surface area (Å²) < 4.78 is 0. The molecule has 0 saturated carbocycles. The molecule has 0 N–H and O–H groups in total. The molecule has 0 unspecified atom stereocenters. The molecule has 0 bridgehead atoms. The second kappa shape index (κ2) is 22.6. The van der Waals surface area contributed by atoms with Crippen molar-refractivity contribution in [1.82, 2.24) is 0 Å². The van der Waals surface area contributed by atoms with Crippen LogP contribution in [0, 0.1) is 6.92 Å². The Kier molecular flexibility index (Phi) is 78.4. The van der Waals surface area contributed by atoms with Crippen molar-refractivity contribution >= 4 is 0 Å². The van der Waals surface area contributed by atoms with Gasteiger partial charge in [-0.05, 0) is 0 Å². The second-order valence-electron chi connectivity index (χ2n) is 1.28. The van der Waals surface area contributed by atoms with Crippen LogP contribution >= 0.6 is 0 Å². The van der Waals surface area contributed by atoms with E-state index in [-0.39, 0.29) is 67.7 Å². The third-order valence-corrected chi connectivity index (χ3v) is 0.408. The predicted octanol–water partition coefficient (Wildman–Crippen LogP) is -7.20. The van der Waals surface area contributed by atoms with Crippen molar-refractivity contribution in [2.24, 2.45) is 0 Å². The molecule has 0 aliphatic carbocycles. The maximum atomic E-state index is 3.52. The van der Waals surface area contributed by atoms with E-state index in [9.17, 15) is 0 Å². The van der Waals surface area contributed by atoms with Crippen LogP contribution < -0.4 is 48.2 Å². The minimum absolute atomic E-state index is 0. The molecule has 0 nitrogen and oxygen atoms in total. The van der Waals surface area contributed by atoms with Gasteiger partial charge in [-0.1, -0.05) is 0 Å². The first-order valence-corrected chi connectivity index (χ1v) is 1.70. The summed E-state index contributed by atoms with van der Waals surface area (Å²) in [6, 6.07) is 0. The molecule has 0 saturated heterocycles. The van der Waals surface area contributed by atoms with E-state index < -0.39 is 0 Å². The van der Waals surface area contributed by atoms with E-state index in [0.717, 1.165) is 0 Å². The van der Waals surface area contributed by atoms with Gasteiger partial charge in [0.1, 0.15) is 0 Å². The summed E-state index contributed by atoms with van der Waals surface area (Å²) in [7, 11) is 0. The first-order valence-electron chi connectivity index (χ1n) is 1.70. The summed E-state index contributed by atoms with van der Waals surface area (Å²) >= 11 is 0. The maximum absolute atomic E-state index is 3.52. The monoisotopic (exact) mass is 254 g/mol. The zero-order chi connectivity index (χ0) is 4.28. The molecule has 46 valence electrons. The number of halogens is 2. The van der Waals surface area contributed by atoms with Crippen LogP contribution in [0.25, 0.3) is 0 Å². The molecule has 0 aromatic rings. The molecule has 9 heavy (non-hydrogen) atoms. The summed E-state index contributed by atoms with van der Waals surface area (Å²) in [6.07, 6.45) is 1.83. The third-order valence-electron chi connectivity index (χ3n) is 0.408. The van der Waals surface area contributed by atoms with Crippen LogP contribution in [0.1, 0.15) is 13.8 Å². The van der Waals surface area contributed by atoms with Crippen LogP contribution in [0.15, 0.2) is 11.6 Å². The van der Waals surface area contributed by atoms with E-state index in [1.54, 1.807) is 0 Å². The zero-order valence-corrected chi connectivity index (χ0v) is 11.6. The fourth-order valence-electron chi connectivity index (χ4n) is 0. The zero-order valence-electron chi connectivity index (χ0n) is 6.25. The van der Waals surface area contributed by atoms with Gasteiger partial charge in [0, 0.05) is 0 Å². The number of hydrogen-bond donors (Lipinski definition) is 0. The molecule has 0 aromatic heterocycles. The Labute approximate surface area is 99.4 Å². The molecule has 0 spiro atoms. The van der Waals surface area contributed by atoms with E-state index >= 15 is 0 Å². The topological polar surface area (TPSA) is 0 Å². The molecule has 0 atom stereocenters. The van der Waals surface area contributed by atoms with Crippen molar-refractivity contribution in [2.45, 2.75) is 13.8 Å². The van der Waals surface area contributed by atoms with Gasteiger partial charge in [-0.15, -0.1) is 13.8 Å². The van der Waals surface area contributed by atoms with Gasteiger partial charge in [0.05, 0.1) is 0 Å². The van der Waals surface area contributed by atoms with Crippen molar-refractivity contribution in [3.63, 3.8) is 0 Å². The summed E-state index contributed by atoms with van der Waals surface area (Å²) in [5.74, 6) is 0. The Morgan fingerprint density at radius 3 is 1.44 bits per heavy atom. The third kappa shape index (κ3) is 42.8. The van der Waals surface area contributed by atoms with Gasteiger partial charge in [-0.3, -0.25) is 0 Å². The van der Waals surface area contributed by atoms with E-state index in [1.807, 2.05) is 19.9 Å². The standard InChI is InChI=1S/C5H9.BrH.ClH.Li.Zn/c1-4-5(2)3;;;;/h4H,1H2,2-3H3;2*1H;;/q-1;;;+1;+2/p-2. The van der Waals surface area contributed by atoms with Gasteiger partial charge in [-0.25, -0.2) is 18.6 Å². The van der Waals surface area contributed by atoms with Gasteiger partial charge in [-0.2, -0.15) is 0 Å². The Balaban J connectivity index is -0.0000000133. The van der Waals surface area contributed by atoms with E-state index in [0.29, 0.717) is 0 Å². The molecule has 0 aliphatic rings. The Bertz CT molecular complexity index is 54.9. The van der Waals surface area contributed by atoms with Gasteiger partial charge in [0.25, 0.3) is 0 Å². The Morgan fingerprint density at radius 2 is 1.44 bits per heavy atom. The summed E-state index contributed by atoms with van der Waals surface area (Å²) in [6.45, 7) is 7.56. The largest absolute Gasteiger partial charge is 2.00 e. The fourth-order valence-corrected chi connectivity index (χ4v) is 0. The quantitative estimate of drug-likeness (QED) is 0.299. The molecule has 0 rings (SSSR count). The first kappa shape index (κ1) is 31.1. The van der Waals surface area contributed by atoms with E-state index in [2.05, 4.69) is 6.92 Å². The van der Waals surface area contributed by atoms with Crippen molar-refractivity contribution in [3.8, 4) is 0 Å². The van der Waals surface area contributed by atoms with Crippen LogP contribution in [-0.4, -0.2) is 0 Å². The van der Waals surface area contributed by atoms with Crippen LogP contribution in [-0.2, 0) is 19.5 Å². The average Bonchev–Trinajstić information content (AvgIpc) is 1.38. The normalized spacial score (nSPS) is 3.78. The smallest absolute Gasteiger partial charge is 1.00 e. The molecule has 0 aliphatic heterocycles. The van der Waals surface area contributed by atoms with Crippen molar-refractivity contribution < 1.29 is 67.7 Å². The van der Waals surface area contributed by atoms with Crippen LogP contribution in [0.5, 0.6) is 0 Å². The van der Waals surface area contributed by atoms with Crippen molar-refractivity contribution in [3.05, 3.63) is 18.6 Å². The van der Waals surface area contributed by atoms with Crippen molar-refractivity contribution in [1.29, 1.82) is 0 Å². The van der Waals surface area contributed by atoms with Crippen LogP contribution in [0.4, 0.5) is 0 Å². The molecule has 0 aromatic carbocycles. The molecular weight excluding hydrogens is 248 g/mol. The van der Waals surface area contributed by atoms with Crippen LogP contribution in [0.2, 0.25) is 0 Å². The van der Waals surface area contributed by atoms with Gasteiger partial charge in [0.2, 0.25) is 0 Å². The Morgan fingerprint density at radius 1 is 1.33 bits per heavy atom. The summed E-state index contributed by atoms with van der Waals surface area (Å²) in [4.78, 5) is 0. The minimum Gasteiger partial charge on any atom is -1.00 e. The number of rotatable bonds is 0. The van der Waals surface area contributed by atoms with Gasteiger partial charge in [0.15, 0.2) is 0 Å². The molecule has 4 heteroatoms. The van der Waals surface area contributed by atoms with E-state index in [1.165, 1.54) is 5.57 Å².